The Hall–Kier alpha value is -3.85. The number of fused-ring (bicyclic) bond motifs is 2. The van der Waals surface area contributed by atoms with Gasteiger partial charge in [0, 0.05) is 24.8 Å². The van der Waals surface area contributed by atoms with Gasteiger partial charge < -0.3 is 0 Å². The quantitative estimate of drug-likeness (QED) is 0.204. The molecule has 15 heteroatoms. The molecule has 4 heterocycles. The van der Waals surface area contributed by atoms with Crippen molar-refractivity contribution in [2.24, 2.45) is 0 Å². The van der Waals surface area contributed by atoms with E-state index in [1.807, 2.05) is 9.97 Å². The van der Waals surface area contributed by atoms with Gasteiger partial charge in [0.25, 0.3) is 16.3 Å². The lowest BCUT2D eigenvalue weighted by Crippen LogP contribution is -2.22. The highest BCUT2D eigenvalue weighted by atomic mass is 32.2. The molecule has 4 aromatic heterocycles. The molecule has 138 valence electrons. The predicted molar refractivity (Wildman–Crippen MR) is 88.5 cm³/mol. The van der Waals surface area contributed by atoms with Crippen LogP contribution >= 0.6 is 0 Å². The van der Waals surface area contributed by atoms with Gasteiger partial charge in [-0.1, -0.05) is 0 Å². The van der Waals surface area contributed by atoms with Crippen molar-refractivity contribution < 1.29 is 13.0 Å². The van der Waals surface area contributed by atoms with Crippen LogP contribution in [0.15, 0.2) is 44.3 Å². The summed E-state index contributed by atoms with van der Waals surface area (Å²) in [6.45, 7) is 0. The first-order valence-corrected chi connectivity index (χ1v) is 8.31. The molecule has 4 rings (SSSR count). The van der Waals surface area contributed by atoms with E-state index in [-0.39, 0.29) is 22.3 Å². The van der Waals surface area contributed by atoms with Crippen molar-refractivity contribution in [3.63, 3.8) is 0 Å². The second kappa shape index (κ2) is 6.81. The molecular weight excluding hydrogens is 384 g/mol. The van der Waals surface area contributed by atoms with Crippen LogP contribution < -0.4 is 16.8 Å². The van der Waals surface area contributed by atoms with Gasteiger partial charge in [0.15, 0.2) is 22.3 Å². The number of nitrogens with one attached hydrogen (secondary N) is 3. The molecule has 4 N–H and O–H groups in total. The summed E-state index contributed by atoms with van der Waals surface area (Å²) in [7, 11) is -4.55. The highest BCUT2D eigenvalue weighted by Crippen LogP contribution is 2.02. The van der Waals surface area contributed by atoms with E-state index in [0.29, 0.717) is 0 Å². The molecule has 0 amide bonds. The minimum atomic E-state index is -4.55. The Bertz CT molecular complexity index is 1420. The Balaban J connectivity index is 0.000000159. The van der Waals surface area contributed by atoms with Crippen LogP contribution in [-0.2, 0) is 10.1 Å². The minimum absolute atomic E-state index is 0.0927. The third-order valence-corrected chi connectivity index (χ3v) is 3.62. The van der Waals surface area contributed by atoms with Crippen molar-refractivity contribution in [2.45, 2.75) is 5.16 Å². The average Bonchev–Trinajstić information content (AvgIpc) is 2.61. The molecule has 0 radical (unpaired) electrons. The number of rotatable bonds is 1. The van der Waals surface area contributed by atoms with E-state index < -0.39 is 32.1 Å². The molecule has 27 heavy (non-hydrogen) atoms. The van der Waals surface area contributed by atoms with E-state index in [2.05, 4.69) is 29.9 Å². The normalized spacial score (nSPS) is 11.1. The standard InChI is InChI=1S/C6H4N4O4S.C6H4N4O2/c11-5-3-4(8-2-1-7-3)9-6(10-5)15(12,13)14;11-5-3-4(8-2-1-7-3)9-6(12)10-5/h1-2H,(H,12,13,14)(H,8,9,10,11);1-2H,(H2,8,9,10,11,12). The van der Waals surface area contributed by atoms with Crippen LogP contribution in [0.1, 0.15) is 0 Å². The summed E-state index contributed by atoms with van der Waals surface area (Å²) in [6.07, 6.45) is 5.31. The van der Waals surface area contributed by atoms with Crippen molar-refractivity contribution in [1.82, 2.24) is 39.9 Å². The zero-order valence-corrected chi connectivity index (χ0v) is 13.8. The number of hydrogen-bond donors (Lipinski definition) is 4. The topological polar surface area (TPSA) is 217 Å². The molecule has 0 bridgehead atoms. The number of nitrogens with zero attached hydrogens (tertiary/aromatic N) is 5. The molecular formula is C12H8N8O6S. The van der Waals surface area contributed by atoms with Crippen LogP contribution in [-0.4, -0.2) is 52.8 Å². The number of aromatic amines is 3. The van der Waals surface area contributed by atoms with Gasteiger partial charge in [-0.2, -0.15) is 13.4 Å². The highest BCUT2D eigenvalue weighted by Gasteiger charge is 2.15. The number of aromatic nitrogens is 8. The third kappa shape index (κ3) is 3.88. The van der Waals surface area contributed by atoms with Gasteiger partial charge in [-0.15, -0.1) is 0 Å². The first-order chi connectivity index (χ1) is 12.8. The lowest BCUT2D eigenvalue weighted by Gasteiger charge is -1.97. The van der Waals surface area contributed by atoms with Crippen molar-refractivity contribution >= 4 is 32.4 Å². The predicted octanol–water partition coefficient (Wildman–Crippen LogP) is -2.03. The molecule has 0 aromatic carbocycles. The summed E-state index contributed by atoms with van der Waals surface area (Å²) in [5.74, 6) is 0. The SMILES string of the molecule is O=c1[nH]c(=O)c2nccnc2[nH]1.O=c1[nH]c(S(=O)(=O)O)nc2nccnc12. The summed E-state index contributed by atoms with van der Waals surface area (Å²) < 4.78 is 30.1. The van der Waals surface area contributed by atoms with Crippen molar-refractivity contribution in [2.75, 3.05) is 0 Å². The minimum Gasteiger partial charge on any atom is -0.293 e. The first kappa shape index (κ1) is 18.0. The van der Waals surface area contributed by atoms with Crippen LogP contribution in [0.5, 0.6) is 0 Å². The summed E-state index contributed by atoms with van der Waals surface area (Å²) in [6, 6.07) is 0. The van der Waals surface area contributed by atoms with Gasteiger partial charge in [-0.3, -0.25) is 29.1 Å². The van der Waals surface area contributed by atoms with Crippen molar-refractivity contribution in [1.29, 1.82) is 0 Å². The van der Waals surface area contributed by atoms with Gasteiger partial charge in [0.05, 0.1) is 0 Å². The van der Waals surface area contributed by atoms with Gasteiger partial charge >= 0.3 is 15.8 Å². The van der Waals surface area contributed by atoms with E-state index in [0.717, 1.165) is 0 Å². The number of H-pyrrole nitrogens is 3. The Labute approximate surface area is 147 Å². The second-order valence-corrected chi connectivity index (χ2v) is 6.07. The van der Waals surface area contributed by atoms with Gasteiger partial charge in [-0.25, -0.2) is 24.7 Å². The second-order valence-electron chi connectivity index (χ2n) is 4.74. The summed E-state index contributed by atoms with van der Waals surface area (Å²) in [5, 5.41) is -0.847. The summed E-state index contributed by atoms with van der Waals surface area (Å²) >= 11 is 0. The third-order valence-electron chi connectivity index (χ3n) is 2.94. The fourth-order valence-corrected chi connectivity index (χ4v) is 2.30. The zero-order chi connectivity index (χ0) is 19.6. The van der Waals surface area contributed by atoms with E-state index in [4.69, 9.17) is 4.55 Å². The van der Waals surface area contributed by atoms with E-state index in [1.165, 1.54) is 24.8 Å². The molecule has 4 aromatic rings. The molecule has 0 fully saturated rings. The first-order valence-electron chi connectivity index (χ1n) is 6.87. The highest BCUT2D eigenvalue weighted by molar-refractivity contribution is 7.85. The Morgan fingerprint density at radius 2 is 1.37 bits per heavy atom. The van der Waals surface area contributed by atoms with E-state index in [1.54, 1.807) is 0 Å². The summed E-state index contributed by atoms with van der Waals surface area (Å²) in [4.78, 5) is 57.5. The average molecular weight is 392 g/mol. The smallest absolute Gasteiger partial charge is 0.293 e. The van der Waals surface area contributed by atoms with Crippen LogP contribution in [0.25, 0.3) is 22.3 Å². The van der Waals surface area contributed by atoms with Crippen LogP contribution in [0.3, 0.4) is 0 Å². The molecule has 0 aliphatic carbocycles. The monoisotopic (exact) mass is 392 g/mol. The van der Waals surface area contributed by atoms with E-state index >= 15 is 0 Å². The Morgan fingerprint density at radius 3 is 2.07 bits per heavy atom. The molecule has 0 aliphatic rings. The lowest BCUT2D eigenvalue weighted by molar-refractivity contribution is 0.474. The van der Waals surface area contributed by atoms with Gasteiger partial charge in [0.2, 0.25) is 0 Å². The molecule has 0 saturated carbocycles. The Morgan fingerprint density at radius 1 is 0.778 bits per heavy atom. The van der Waals surface area contributed by atoms with Crippen molar-refractivity contribution in [3.8, 4) is 0 Å². The fraction of sp³-hybridized carbons (Fsp3) is 0. The molecule has 0 saturated heterocycles. The molecule has 0 unspecified atom stereocenters. The van der Waals surface area contributed by atoms with Crippen LogP contribution in [0.4, 0.5) is 0 Å². The lowest BCUT2D eigenvalue weighted by atomic mass is 10.5. The van der Waals surface area contributed by atoms with Gasteiger partial charge in [0.1, 0.15) is 0 Å². The van der Waals surface area contributed by atoms with Crippen molar-refractivity contribution in [3.05, 3.63) is 56.0 Å². The largest absolute Gasteiger partial charge is 0.328 e. The summed E-state index contributed by atoms with van der Waals surface area (Å²) in [5.41, 5.74) is -1.78. The molecule has 0 aliphatic heterocycles. The maximum atomic E-state index is 11.3. The zero-order valence-electron chi connectivity index (χ0n) is 12.9. The van der Waals surface area contributed by atoms with Crippen LogP contribution in [0, 0.1) is 0 Å². The number of hydrogen-bond acceptors (Lipinski definition) is 10. The van der Waals surface area contributed by atoms with E-state index in [9.17, 15) is 22.8 Å². The molecule has 0 spiro atoms. The molecule has 14 nitrogen and oxygen atoms in total. The molecule has 0 atom stereocenters. The fourth-order valence-electron chi connectivity index (χ4n) is 1.87. The maximum Gasteiger partial charge on any atom is 0.328 e. The van der Waals surface area contributed by atoms with Gasteiger partial charge in [-0.05, 0) is 0 Å². The Kier molecular flexibility index (Phi) is 4.53. The van der Waals surface area contributed by atoms with Crippen LogP contribution in [0.2, 0.25) is 0 Å². The maximum absolute atomic E-state index is 11.3.